The molecule has 7 heteroatoms. The van der Waals surface area contributed by atoms with E-state index in [-0.39, 0.29) is 12.4 Å². The van der Waals surface area contributed by atoms with Crippen molar-refractivity contribution in [2.45, 2.75) is 13.0 Å². The van der Waals surface area contributed by atoms with Crippen LogP contribution in [0.5, 0.6) is 5.75 Å². The Morgan fingerprint density at radius 3 is 2.45 bits per heavy atom. The molecule has 1 aliphatic rings. The van der Waals surface area contributed by atoms with Crippen molar-refractivity contribution in [3.63, 3.8) is 0 Å². The number of para-hydroxylation sites is 1. The Hall–Kier alpha value is -3.35. The fourth-order valence-electron chi connectivity index (χ4n) is 4.04. The number of hydrogen-bond acceptors (Lipinski definition) is 6. The highest BCUT2D eigenvalue weighted by Crippen LogP contribution is 2.30. The molecule has 3 aromatic carbocycles. The van der Waals surface area contributed by atoms with Crippen molar-refractivity contribution in [2.75, 3.05) is 37.1 Å². The molecule has 0 saturated heterocycles. The molecule has 170 valence electrons. The van der Waals surface area contributed by atoms with Crippen LogP contribution >= 0.6 is 12.4 Å². The van der Waals surface area contributed by atoms with Gasteiger partial charge >= 0.3 is 0 Å². The summed E-state index contributed by atoms with van der Waals surface area (Å²) in [6, 6.07) is 24.7. The van der Waals surface area contributed by atoms with Gasteiger partial charge in [0.2, 0.25) is 5.95 Å². The van der Waals surface area contributed by atoms with E-state index < -0.39 is 0 Å². The number of anilines is 3. The highest BCUT2D eigenvalue weighted by atomic mass is 35.5. The maximum Gasteiger partial charge on any atom is 0.229 e. The second-order valence-electron chi connectivity index (χ2n) is 7.82. The van der Waals surface area contributed by atoms with Gasteiger partial charge in [0.1, 0.15) is 18.2 Å². The van der Waals surface area contributed by atoms with Gasteiger partial charge in [-0.2, -0.15) is 4.98 Å². The van der Waals surface area contributed by atoms with Crippen LogP contribution in [0, 0.1) is 0 Å². The molecule has 0 saturated carbocycles. The minimum absolute atomic E-state index is 0. The molecule has 6 nitrogen and oxygen atoms in total. The molecule has 4 aromatic rings. The van der Waals surface area contributed by atoms with E-state index in [1.807, 2.05) is 42.5 Å². The first-order valence-electron chi connectivity index (χ1n) is 10.9. The minimum Gasteiger partial charge on any atom is -0.491 e. The molecule has 0 bridgehead atoms. The van der Waals surface area contributed by atoms with Gasteiger partial charge in [0, 0.05) is 31.3 Å². The van der Waals surface area contributed by atoms with Crippen molar-refractivity contribution < 1.29 is 9.47 Å². The first-order chi connectivity index (χ1) is 15.8. The highest BCUT2D eigenvalue weighted by Gasteiger charge is 2.20. The van der Waals surface area contributed by atoms with Crippen molar-refractivity contribution in [2.24, 2.45) is 0 Å². The van der Waals surface area contributed by atoms with Gasteiger partial charge < -0.3 is 19.7 Å². The second kappa shape index (κ2) is 10.5. The Kier molecular flexibility index (Phi) is 7.27. The van der Waals surface area contributed by atoms with E-state index in [9.17, 15) is 0 Å². The number of aromatic nitrogens is 2. The average molecular weight is 463 g/mol. The van der Waals surface area contributed by atoms with E-state index in [1.54, 1.807) is 7.11 Å². The van der Waals surface area contributed by atoms with Crippen LogP contribution in [0.15, 0.2) is 72.8 Å². The normalized spacial score (nSPS) is 12.7. The topological polar surface area (TPSA) is 59.5 Å². The van der Waals surface area contributed by atoms with Gasteiger partial charge in [-0.25, -0.2) is 4.98 Å². The van der Waals surface area contributed by atoms with Crippen LogP contribution < -0.4 is 15.0 Å². The van der Waals surface area contributed by atoms with Gasteiger partial charge in [-0.05, 0) is 53.9 Å². The van der Waals surface area contributed by atoms with Gasteiger partial charge in [-0.1, -0.05) is 36.4 Å². The Morgan fingerprint density at radius 1 is 0.879 bits per heavy atom. The summed E-state index contributed by atoms with van der Waals surface area (Å²) in [6.45, 7) is 2.88. The summed E-state index contributed by atoms with van der Waals surface area (Å²) in [5.74, 6) is 2.36. The number of rotatable bonds is 7. The predicted molar refractivity (Wildman–Crippen MR) is 135 cm³/mol. The lowest BCUT2D eigenvalue weighted by molar-refractivity contribution is 0.146. The van der Waals surface area contributed by atoms with Crippen LogP contribution in [0.25, 0.3) is 10.9 Å². The fourth-order valence-corrected chi connectivity index (χ4v) is 4.04. The Bertz CT molecular complexity index is 1220. The zero-order valence-electron chi connectivity index (χ0n) is 18.5. The Labute approximate surface area is 200 Å². The summed E-state index contributed by atoms with van der Waals surface area (Å²) in [7, 11) is 1.66. The molecule has 2 heterocycles. The van der Waals surface area contributed by atoms with Crippen LogP contribution in [0.4, 0.5) is 17.5 Å². The summed E-state index contributed by atoms with van der Waals surface area (Å²) >= 11 is 0. The van der Waals surface area contributed by atoms with Gasteiger partial charge in [-0.15, -0.1) is 12.4 Å². The standard InChI is InChI=1S/C26H26N4O2.ClH/c1-31-16-17-32-22-12-10-21(11-13-22)27-26-28-24-9-5-4-8-23(24)25(29-26)30-15-14-19-6-2-3-7-20(19)18-30;/h2-13H,14-18H2,1H3,(H,27,28,29);1H. The second-order valence-corrected chi connectivity index (χ2v) is 7.82. The summed E-state index contributed by atoms with van der Waals surface area (Å²) in [6.07, 6.45) is 1.02. The van der Waals surface area contributed by atoms with E-state index in [1.165, 1.54) is 11.1 Å². The van der Waals surface area contributed by atoms with Crippen molar-refractivity contribution in [1.29, 1.82) is 0 Å². The van der Waals surface area contributed by atoms with Crippen molar-refractivity contribution in [3.8, 4) is 5.75 Å². The average Bonchev–Trinajstić information content (AvgIpc) is 2.84. The SMILES string of the molecule is COCCOc1ccc(Nc2nc(N3CCc4ccccc4C3)c3ccccc3n2)cc1.Cl. The van der Waals surface area contributed by atoms with Crippen LogP contribution in [-0.4, -0.2) is 36.8 Å². The molecule has 0 radical (unpaired) electrons. The predicted octanol–water partition coefficient (Wildman–Crippen LogP) is 5.38. The smallest absolute Gasteiger partial charge is 0.229 e. The van der Waals surface area contributed by atoms with E-state index >= 15 is 0 Å². The quantitative estimate of drug-likeness (QED) is 0.372. The molecular formula is C26H27ClN4O2. The molecule has 1 N–H and O–H groups in total. The number of hydrogen-bond donors (Lipinski definition) is 1. The maximum atomic E-state index is 5.65. The zero-order valence-corrected chi connectivity index (χ0v) is 19.3. The number of halogens is 1. The van der Waals surface area contributed by atoms with Crippen LogP contribution in [0.1, 0.15) is 11.1 Å². The summed E-state index contributed by atoms with van der Waals surface area (Å²) < 4.78 is 10.7. The number of nitrogens with one attached hydrogen (secondary N) is 1. The van der Waals surface area contributed by atoms with Crippen LogP contribution in [0.3, 0.4) is 0 Å². The molecule has 0 amide bonds. The summed E-state index contributed by atoms with van der Waals surface area (Å²) in [5, 5.41) is 4.43. The Morgan fingerprint density at radius 2 is 1.64 bits per heavy atom. The van der Waals surface area contributed by atoms with Crippen LogP contribution in [0.2, 0.25) is 0 Å². The molecular weight excluding hydrogens is 436 g/mol. The van der Waals surface area contributed by atoms with E-state index in [2.05, 4.69) is 40.5 Å². The molecule has 1 aliphatic heterocycles. The molecule has 5 rings (SSSR count). The summed E-state index contributed by atoms with van der Waals surface area (Å²) in [4.78, 5) is 12.0. The number of nitrogens with zero attached hydrogens (tertiary/aromatic N) is 3. The maximum absolute atomic E-state index is 5.65. The fraction of sp³-hybridized carbons (Fsp3) is 0.231. The third-order valence-corrected chi connectivity index (χ3v) is 5.68. The molecule has 0 fully saturated rings. The monoisotopic (exact) mass is 462 g/mol. The third-order valence-electron chi connectivity index (χ3n) is 5.68. The molecule has 0 aliphatic carbocycles. The van der Waals surface area contributed by atoms with Crippen LogP contribution in [-0.2, 0) is 17.7 Å². The first-order valence-corrected chi connectivity index (χ1v) is 10.9. The van der Waals surface area contributed by atoms with Crippen molar-refractivity contribution >= 4 is 40.8 Å². The number of ether oxygens (including phenoxy) is 2. The highest BCUT2D eigenvalue weighted by molar-refractivity contribution is 5.91. The van der Waals surface area contributed by atoms with Gasteiger partial charge in [-0.3, -0.25) is 0 Å². The van der Waals surface area contributed by atoms with Crippen molar-refractivity contribution in [3.05, 3.63) is 83.9 Å². The molecule has 0 atom stereocenters. The van der Waals surface area contributed by atoms with Gasteiger partial charge in [0.25, 0.3) is 0 Å². The Balaban J connectivity index is 0.00000259. The zero-order chi connectivity index (χ0) is 21.8. The number of methoxy groups -OCH3 is 1. The number of benzene rings is 3. The molecule has 0 unspecified atom stereocenters. The van der Waals surface area contributed by atoms with E-state index in [4.69, 9.17) is 19.4 Å². The number of fused-ring (bicyclic) bond motifs is 2. The molecule has 1 aromatic heterocycles. The lowest BCUT2D eigenvalue weighted by Crippen LogP contribution is -2.31. The van der Waals surface area contributed by atoms with E-state index in [0.29, 0.717) is 19.2 Å². The third kappa shape index (κ3) is 5.18. The molecule has 33 heavy (non-hydrogen) atoms. The lowest BCUT2D eigenvalue weighted by atomic mass is 10.00. The lowest BCUT2D eigenvalue weighted by Gasteiger charge is -2.30. The largest absolute Gasteiger partial charge is 0.491 e. The first kappa shape index (κ1) is 22.8. The van der Waals surface area contributed by atoms with E-state index in [0.717, 1.165) is 47.7 Å². The minimum atomic E-state index is 0. The van der Waals surface area contributed by atoms with Gasteiger partial charge in [0.15, 0.2) is 0 Å². The van der Waals surface area contributed by atoms with Crippen molar-refractivity contribution in [1.82, 2.24) is 9.97 Å². The summed E-state index contributed by atoms with van der Waals surface area (Å²) in [5.41, 5.74) is 4.63. The van der Waals surface area contributed by atoms with Gasteiger partial charge in [0.05, 0.1) is 12.1 Å². The molecule has 0 spiro atoms.